The maximum Gasteiger partial charge on any atom is 0.335 e. The fraction of sp³-hybridized carbons (Fsp3) is 0.0870. The number of rotatable bonds is 6. The fourth-order valence-electron chi connectivity index (χ4n) is 2.93. The van der Waals surface area contributed by atoms with E-state index in [4.69, 9.17) is 5.11 Å². The summed E-state index contributed by atoms with van der Waals surface area (Å²) < 4.78 is 0.896. The van der Waals surface area contributed by atoms with Crippen LogP contribution < -0.4 is 0 Å². The molecule has 0 aliphatic heterocycles. The third-order valence-corrected chi connectivity index (χ3v) is 5.81. The fourth-order valence-corrected chi connectivity index (χ4v) is 4.02. The zero-order valence-corrected chi connectivity index (χ0v) is 17.0. The first kappa shape index (κ1) is 19.6. The number of benzene rings is 2. The second-order valence-corrected chi connectivity index (χ2v) is 7.66. The highest BCUT2D eigenvalue weighted by Crippen LogP contribution is 2.35. The van der Waals surface area contributed by atoms with Crippen LogP contribution in [0.1, 0.15) is 31.9 Å². The minimum absolute atomic E-state index is 0.248. The second kappa shape index (κ2) is 8.75. The zero-order chi connectivity index (χ0) is 20.9. The van der Waals surface area contributed by atoms with Crippen molar-refractivity contribution in [3.05, 3.63) is 88.1 Å². The number of carboxylic acids is 1. The summed E-state index contributed by atoms with van der Waals surface area (Å²) in [6, 6.07) is 16.7. The SMILES string of the molecule is Cc1c(C=Cc2ccccc2)sc2c(N=NCc3ccc(C(=O)O)cc3)ncnc12. The summed E-state index contributed by atoms with van der Waals surface area (Å²) in [5, 5.41) is 17.5. The average molecular weight is 414 g/mol. The highest BCUT2D eigenvalue weighted by atomic mass is 32.1. The Bertz CT molecular complexity index is 1250. The van der Waals surface area contributed by atoms with Gasteiger partial charge in [-0.15, -0.1) is 16.5 Å². The van der Waals surface area contributed by atoms with E-state index in [1.54, 1.807) is 35.6 Å². The molecule has 4 aromatic rings. The van der Waals surface area contributed by atoms with Gasteiger partial charge in [0.25, 0.3) is 0 Å². The number of aryl methyl sites for hydroxylation is 1. The molecular formula is C23H18N4O2S. The van der Waals surface area contributed by atoms with Crippen LogP contribution >= 0.6 is 11.3 Å². The Labute approximate surface area is 177 Å². The van der Waals surface area contributed by atoms with Gasteiger partial charge in [-0.3, -0.25) is 0 Å². The maximum atomic E-state index is 10.9. The van der Waals surface area contributed by atoms with Crippen molar-refractivity contribution in [2.45, 2.75) is 13.5 Å². The molecule has 0 aliphatic carbocycles. The van der Waals surface area contributed by atoms with Gasteiger partial charge in [0.1, 0.15) is 11.0 Å². The van der Waals surface area contributed by atoms with Gasteiger partial charge in [0.05, 0.1) is 17.6 Å². The van der Waals surface area contributed by atoms with Crippen molar-refractivity contribution in [2.75, 3.05) is 0 Å². The smallest absolute Gasteiger partial charge is 0.335 e. The average Bonchev–Trinajstić information content (AvgIpc) is 3.10. The van der Waals surface area contributed by atoms with Crippen molar-refractivity contribution in [3.8, 4) is 0 Å². The van der Waals surface area contributed by atoms with Gasteiger partial charge in [-0.25, -0.2) is 14.8 Å². The molecule has 2 aromatic carbocycles. The molecule has 0 unspecified atom stereocenters. The van der Waals surface area contributed by atoms with Gasteiger partial charge in [0.15, 0.2) is 5.82 Å². The minimum atomic E-state index is -0.947. The van der Waals surface area contributed by atoms with Crippen molar-refractivity contribution in [2.24, 2.45) is 10.2 Å². The van der Waals surface area contributed by atoms with Crippen LogP contribution in [-0.4, -0.2) is 21.0 Å². The molecule has 0 spiro atoms. The molecule has 6 nitrogen and oxygen atoms in total. The van der Waals surface area contributed by atoms with Crippen LogP contribution in [0.3, 0.4) is 0 Å². The van der Waals surface area contributed by atoms with Crippen LogP contribution in [0.4, 0.5) is 5.82 Å². The van der Waals surface area contributed by atoms with E-state index in [0.29, 0.717) is 12.4 Å². The molecule has 2 aromatic heterocycles. The van der Waals surface area contributed by atoms with Crippen LogP contribution in [0.25, 0.3) is 22.4 Å². The van der Waals surface area contributed by atoms with E-state index < -0.39 is 5.97 Å². The molecule has 0 atom stereocenters. The van der Waals surface area contributed by atoms with E-state index in [0.717, 1.165) is 31.8 Å². The molecule has 0 radical (unpaired) electrons. The Morgan fingerprint density at radius 2 is 1.83 bits per heavy atom. The number of hydrogen-bond acceptors (Lipinski definition) is 6. The maximum absolute atomic E-state index is 10.9. The third kappa shape index (κ3) is 4.31. The first-order chi connectivity index (χ1) is 14.6. The number of fused-ring (bicyclic) bond motifs is 1. The lowest BCUT2D eigenvalue weighted by atomic mass is 10.1. The first-order valence-electron chi connectivity index (χ1n) is 9.29. The third-order valence-electron chi connectivity index (χ3n) is 4.57. The molecule has 0 amide bonds. The van der Waals surface area contributed by atoms with Crippen LogP contribution in [0.15, 0.2) is 71.2 Å². The predicted octanol–water partition coefficient (Wildman–Crippen LogP) is 6.15. The van der Waals surface area contributed by atoms with E-state index in [-0.39, 0.29) is 5.56 Å². The summed E-state index contributed by atoms with van der Waals surface area (Å²) in [5.41, 5.74) is 4.23. The minimum Gasteiger partial charge on any atom is -0.478 e. The van der Waals surface area contributed by atoms with E-state index in [1.165, 1.54) is 6.33 Å². The zero-order valence-electron chi connectivity index (χ0n) is 16.2. The van der Waals surface area contributed by atoms with E-state index in [9.17, 15) is 4.79 Å². The number of aromatic carboxylic acids is 1. The molecule has 4 rings (SSSR count). The molecule has 2 heterocycles. The lowest BCUT2D eigenvalue weighted by molar-refractivity contribution is 0.0697. The van der Waals surface area contributed by atoms with Crippen molar-refractivity contribution >= 4 is 45.5 Å². The first-order valence-corrected chi connectivity index (χ1v) is 10.1. The Morgan fingerprint density at radius 3 is 2.57 bits per heavy atom. The molecular weight excluding hydrogens is 396 g/mol. The van der Waals surface area contributed by atoms with Gasteiger partial charge >= 0.3 is 5.97 Å². The second-order valence-electron chi connectivity index (χ2n) is 6.61. The van der Waals surface area contributed by atoms with E-state index in [2.05, 4.69) is 44.5 Å². The monoisotopic (exact) mass is 414 g/mol. The number of hydrogen-bond donors (Lipinski definition) is 1. The van der Waals surface area contributed by atoms with Gasteiger partial charge in [-0.1, -0.05) is 48.5 Å². The molecule has 0 fully saturated rings. The Morgan fingerprint density at radius 1 is 1.07 bits per heavy atom. The van der Waals surface area contributed by atoms with Crippen LogP contribution in [-0.2, 0) is 6.54 Å². The number of azo groups is 1. The highest BCUT2D eigenvalue weighted by Gasteiger charge is 2.12. The number of thiophene rings is 1. The number of aromatic nitrogens is 2. The Hall–Kier alpha value is -3.71. The number of carbonyl (C=O) groups is 1. The predicted molar refractivity (Wildman–Crippen MR) is 119 cm³/mol. The Balaban J connectivity index is 1.56. The van der Waals surface area contributed by atoms with Gasteiger partial charge in [-0.05, 0) is 41.8 Å². The summed E-state index contributed by atoms with van der Waals surface area (Å²) in [6.45, 7) is 2.39. The summed E-state index contributed by atoms with van der Waals surface area (Å²) in [6.07, 6.45) is 5.66. The molecule has 0 aliphatic rings. The lowest BCUT2D eigenvalue weighted by Crippen LogP contribution is -1.95. The number of carboxylic acid groups (broad SMARTS) is 1. The quantitative estimate of drug-likeness (QED) is 0.383. The highest BCUT2D eigenvalue weighted by molar-refractivity contribution is 7.20. The van der Waals surface area contributed by atoms with Crippen molar-refractivity contribution in [1.29, 1.82) is 0 Å². The van der Waals surface area contributed by atoms with Crippen LogP contribution in [0.2, 0.25) is 0 Å². The summed E-state index contributed by atoms with van der Waals surface area (Å²) in [7, 11) is 0. The molecule has 148 valence electrons. The van der Waals surface area contributed by atoms with Crippen molar-refractivity contribution in [1.82, 2.24) is 9.97 Å². The largest absolute Gasteiger partial charge is 0.478 e. The number of nitrogens with zero attached hydrogens (tertiary/aromatic N) is 4. The normalized spacial score (nSPS) is 11.6. The molecule has 1 N–H and O–H groups in total. The van der Waals surface area contributed by atoms with E-state index >= 15 is 0 Å². The van der Waals surface area contributed by atoms with Crippen molar-refractivity contribution in [3.63, 3.8) is 0 Å². The van der Waals surface area contributed by atoms with Crippen LogP contribution in [0, 0.1) is 6.92 Å². The lowest BCUT2D eigenvalue weighted by Gasteiger charge is -1.98. The van der Waals surface area contributed by atoms with E-state index in [1.807, 2.05) is 25.1 Å². The van der Waals surface area contributed by atoms with Gasteiger partial charge in [0, 0.05) is 4.88 Å². The molecule has 0 bridgehead atoms. The summed E-state index contributed by atoms with van der Waals surface area (Å²) in [4.78, 5) is 20.7. The molecule has 0 saturated heterocycles. The topological polar surface area (TPSA) is 87.8 Å². The van der Waals surface area contributed by atoms with Crippen LogP contribution in [0.5, 0.6) is 0 Å². The molecule has 7 heteroatoms. The summed E-state index contributed by atoms with van der Waals surface area (Å²) in [5.74, 6) is -0.411. The summed E-state index contributed by atoms with van der Waals surface area (Å²) >= 11 is 1.59. The van der Waals surface area contributed by atoms with Crippen molar-refractivity contribution < 1.29 is 9.90 Å². The van der Waals surface area contributed by atoms with Gasteiger partial charge in [-0.2, -0.15) is 5.11 Å². The van der Waals surface area contributed by atoms with Gasteiger partial charge in [0.2, 0.25) is 0 Å². The molecule has 0 saturated carbocycles. The van der Waals surface area contributed by atoms with Gasteiger partial charge < -0.3 is 5.11 Å². The standard InChI is InChI=1S/C23H18N4O2S/c1-15-19(12-9-16-5-3-2-4-6-16)30-21-20(15)24-14-25-22(21)27-26-13-17-7-10-18(11-8-17)23(28)29/h2-12,14H,13H2,1H3,(H,28,29). The Kier molecular flexibility index (Phi) is 5.72. The molecule has 30 heavy (non-hydrogen) atoms.